The molecule has 8 heteroatoms. The summed E-state index contributed by atoms with van der Waals surface area (Å²) in [4.78, 5) is 36.3. The zero-order valence-electron chi connectivity index (χ0n) is 16.3. The standard InChI is InChI=1S/C23H16N2O6/c1-30-19-12-11-15(25(28)29)13-18(19)24-22(26)21-20(14-7-3-2-4-8-14)16-9-5-6-10-17(16)23(27)31-21/h2-13H,1H3,(H,24,26). The molecule has 1 heterocycles. The molecule has 0 bridgehead atoms. The van der Waals surface area contributed by atoms with Gasteiger partial charge in [0.05, 0.1) is 23.1 Å². The van der Waals surface area contributed by atoms with Gasteiger partial charge in [0.25, 0.3) is 11.6 Å². The van der Waals surface area contributed by atoms with Gasteiger partial charge in [-0.05, 0) is 17.7 Å². The van der Waals surface area contributed by atoms with E-state index in [-0.39, 0.29) is 22.9 Å². The zero-order chi connectivity index (χ0) is 22.0. The molecule has 1 aromatic heterocycles. The Morgan fingerprint density at radius 2 is 1.68 bits per heavy atom. The number of rotatable bonds is 5. The Kier molecular flexibility index (Phi) is 5.19. The summed E-state index contributed by atoms with van der Waals surface area (Å²) < 4.78 is 10.6. The van der Waals surface area contributed by atoms with Crippen LogP contribution in [0.25, 0.3) is 21.9 Å². The summed E-state index contributed by atoms with van der Waals surface area (Å²) in [6, 6.07) is 19.7. The first-order valence-electron chi connectivity index (χ1n) is 9.24. The predicted molar refractivity (Wildman–Crippen MR) is 116 cm³/mol. The summed E-state index contributed by atoms with van der Waals surface area (Å²) in [6.45, 7) is 0. The van der Waals surface area contributed by atoms with E-state index in [1.54, 1.807) is 48.5 Å². The van der Waals surface area contributed by atoms with Crippen LogP contribution in [0.3, 0.4) is 0 Å². The van der Waals surface area contributed by atoms with Gasteiger partial charge >= 0.3 is 5.63 Å². The lowest BCUT2D eigenvalue weighted by molar-refractivity contribution is -0.384. The lowest BCUT2D eigenvalue weighted by Gasteiger charge is -2.13. The third kappa shape index (κ3) is 3.74. The summed E-state index contributed by atoms with van der Waals surface area (Å²) in [5.41, 5.74) is 0.318. The molecule has 3 aromatic carbocycles. The molecule has 154 valence electrons. The minimum atomic E-state index is -0.736. The van der Waals surface area contributed by atoms with Crippen molar-refractivity contribution in [2.75, 3.05) is 12.4 Å². The largest absolute Gasteiger partial charge is 0.495 e. The number of anilines is 1. The lowest BCUT2D eigenvalue weighted by Crippen LogP contribution is -2.17. The fourth-order valence-corrected chi connectivity index (χ4v) is 3.34. The van der Waals surface area contributed by atoms with Gasteiger partial charge in [0, 0.05) is 23.1 Å². The summed E-state index contributed by atoms with van der Waals surface area (Å²) in [6.07, 6.45) is 0. The number of ether oxygens (including phenoxy) is 1. The summed E-state index contributed by atoms with van der Waals surface area (Å²) in [7, 11) is 1.38. The summed E-state index contributed by atoms with van der Waals surface area (Å²) in [5.74, 6) is -0.715. The number of carbonyl (C=O) groups excluding carboxylic acids is 1. The van der Waals surface area contributed by atoms with Gasteiger partial charge in [0.1, 0.15) is 5.75 Å². The summed E-state index contributed by atoms with van der Waals surface area (Å²) >= 11 is 0. The average Bonchev–Trinajstić information content (AvgIpc) is 2.79. The minimum absolute atomic E-state index is 0.0801. The van der Waals surface area contributed by atoms with Crippen LogP contribution in [0.1, 0.15) is 10.6 Å². The first kappa shape index (κ1) is 19.8. The van der Waals surface area contributed by atoms with E-state index in [9.17, 15) is 19.7 Å². The van der Waals surface area contributed by atoms with Crippen LogP contribution < -0.4 is 15.7 Å². The molecule has 0 fully saturated rings. The van der Waals surface area contributed by atoms with Crippen LogP contribution in [0.4, 0.5) is 11.4 Å². The maximum Gasteiger partial charge on any atom is 0.344 e. The van der Waals surface area contributed by atoms with Gasteiger partial charge < -0.3 is 14.5 Å². The summed E-state index contributed by atoms with van der Waals surface area (Å²) in [5, 5.41) is 14.6. The maximum atomic E-state index is 13.2. The highest BCUT2D eigenvalue weighted by Crippen LogP contribution is 2.33. The van der Waals surface area contributed by atoms with E-state index >= 15 is 0 Å². The second kappa shape index (κ2) is 8.11. The SMILES string of the molecule is COc1ccc([N+](=O)[O-])cc1NC(=O)c1oc(=O)c2ccccc2c1-c1ccccc1. The van der Waals surface area contributed by atoms with E-state index in [2.05, 4.69) is 5.32 Å². The van der Waals surface area contributed by atoms with Crippen LogP contribution in [0.5, 0.6) is 5.75 Å². The fraction of sp³-hybridized carbons (Fsp3) is 0.0435. The molecule has 0 saturated carbocycles. The van der Waals surface area contributed by atoms with Gasteiger partial charge in [-0.2, -0.15) is 0 Å². The monoisotopic (exact) mass is 416 g/mol. The van der Waals surface area contributed by atoms with Crippen molar-refractivity contribution in [1.29, 1.82) is 0 Å². The van der Waals surface area contributed by atoms with E-state index in [0.717, 1.165) is 0 Å². The van der Waals surface area contributed by atoms with Crippen LogP contribution >= 0.6 is 0 Å². The third-order valence-corrected chi connectivity index (χ3v) is 4.75. The highest BCUT2D eigenvalue weighted by Gasteiger charge is 2.23. The molecular weight excluding hydrogens is 400 g/mol. The molecule has 4 aromatic rings. The zero-order valence-corrected chi connectivity index (χ0v) is 16.3. The first-order valence-corrected chi connectivity index (χ1v) is 9.24. The number of nitrogens with zero attached hydrogens (tertiary/aromatic N) is 1. The third-order valence-electron chi connectivity index (χ3n) is 4.75. The van der Waals surface area contributed by atoms with E-state index in [1.165, 1.54) is 25.3 Å². The van der Waals surface area contributed by atoms with Crippen molar-refractivity contribution in [3.8, 4) is 16.9 Å². The quantitative estimate of drug-likeness (QED) is 0.375. The number of nitro benzene ring substituents is 1. The van der Waals surface area contributed by atoms with Gasteiger partial charge in [-0.15, -0.1) is 0 Å². The number of fused-ring (bicyclic) bond motifs is 1. The smallest absolute Gasteiger partial charge is 0.344 e. The Labute approximate surface area is 175 Å². The predicted octanol–water partition coefficient (Wildman–Crippen LogP) is 4.63. The number of hydrogen-bond acceptors (Lipinski definition) is 6. The first-order chi connectivity index (χ1) is 15.0. The van der Waals surface area contributed by atoms with Gasteiger partial charge in [-0.3, -0.25) is 14.9 Å². The van der Waals surface area contributed by atoms with E-state index in [0.29, 0.717) is 21.9 Å². The normalized spacial score (nSPS) is 10.6. The maximum absolute atomic E-state index is 13.2. The molecule has 1 amide bonds. The van der Waals surface area contributed by atoms with Gasteiger partial charge in [-0.25, -0.2) is 4.79 Å². The Balaban J connectivity index is 1.89. The Morgan fingerprint density at radius 1 is 1.00 bits per heavy atom. The molecule has 0 atom stereocenters. The second-order valence-electron chi connectivity index (χ2n) is 6.60. The number of amides is 1. The fourth-order valence-electron chi connectivity index (χ4n) is 3.34. The topological polar surface area (TPSA) is 112 Å². The lowest BCUT2D eigenvalue weighted by atomic mass is 9.98. The number of hydrogen-bond donors (Lipinski definition) is 1. The molecule has 4 rings (SSSR count). The molecule has 1 N–H and O–H groups in total. The molecule has 0 aliphatic heterocycles. The molecule has 31 heavy (non-hydrogen) atoms. The number of methoxy groups -OCH3 is 1. The molecule has 0 aliphatic rings. The van der Waals surface area contributed by atoms with Crippen LogP contribution in [0, 0.1) is 10.1 Å². The molecule has 8 nitrogen and oxygen atoms in total. The number of nitrogens with one attached hydrogen (secondary N) is 1. The molecule has 0 radical (unpaired) electrons. The molecule has 0 spiro atoms. The molecule has 0 aliphatic carbocycles. The van der Waals surface area contributed by atoms with Crippen LogP contribution in [-0.2, 0) is 0 Å². The number of non-ortho nitro benzene ring substituents is 1. The Hall–Kier alpha value is -4.46. The van der Waals surface area contributed by atoms with Gasteiger partial charge in [0.15, 0.2) is 0 Å². The molecule has 0 unspecified atom stereocenters. The Morgan fingerprint density at radius 3 is 2.35 bits per heavy atom. The van der Waals surface area contributed by atoms with Crippen molar-refractivity contribution in [2.45, 2.75) is 0 Å². The number of carbonyl (C=O) groups is 1. The second-order valence-corrected chi connectivity index (χ2v) is 6.60. The van der Waals surface area contributed by atoms with Crippen LogP contribution in [0.2, 0.25) is 0 Å². The van der Waals surface area contributed by atoms with Crippen LogP contribution in [0.15, 0.2) is 82.0 Å². The van der Waals surface area contributed by atoms with Crippen molar-refractivity contribution in [2.24, 2.45) is 0 Å². The molecule has 0 saturated heterocycles. The highest BCUT2D eigenvalue weighted by molar-refractivity contribution is 6.12. The minimum Gasteiger partial charge on any atom is -0.495 e. The Bertz CT molecular complexity index is 1360. The van der Waals surface area contributed by atoms with Crippen molar-refractivity contribution in [1.82, 2.24) is 0 Å². The van der Waals surface area contributed by atoms with Crippen LogP contribution in [-0.4, -0.2) is 17.9 Å². The van der Waals surface area contributed by atoms with E-state index in [1.807, 2.05) is 6.07 Å². The van der Waals surface area contributed by atoms with E-state index in [4.69, 9.17) is 9.15 Å². The molecular formula is C23H16N2O6. The van der Waals surface area contributed by atoms with E-state index < -0.39 is 16.5 Å². The van der Waals surface area contributed by atoms with Crippen molar-refractivity contribution in [3.63, 3.8) is 0 Å². The highest BCUT2D eigenvalue weighted by atomic mass is 16.6. The van der Waals surface area contributed by atoms with Gasteiger partial charge in [0.2, 0.25) is 5.76 Å². The van der Waals surface area contributed by atoms with Crippen molar-refractivity contribution < 1.29 is 18.9 Å². The van der Waals surface area contributed by atoms with Crippen molar-refractivity contribution >= 4 is 28.1 Å². The van der Waals surface area contributed by atoms with Crippen molar-refractivity contribution in [3.05, 3.63) is 99.1 Å². The average molecular weight is 416 g/mol. The van der Waals surface area contributed by atoms with Gasteiger partial charge in [-0.1, -0.05) is 48.5 Å². The number of benzene rings is 3. The number of nitro groups is 1.